The van der Waals surface area contributed by atoms with Crippen LogP contribution >= 0.6 is 0 Å². The third-order valence-electron chi connectivity index (χ3n) is 12.0. The Balaban J connectivity index is 1.25. The van der Waals surface area contributed by atoms with Gasteiger partial charge in [-0.2, -0.15) is 22.8 Å². The molecule has 0 amide bonds. The molecular weight excluding hydrogens is 635 g/mol. The first-order valence-corrected chi connectivity index (χ1v) is 17.5. The van der Waals surface area contributed by atoms with Gasteiger partial charge in [-0.1, -0.05) is 32.0 Å². The highest BCUT2D eigenvalue weighted by atomic mass is 19.4. The summed E-state index contributed by atoms with van der Waals surface area (Å²) in [6.45, 7) is 9.35. The minimum atomic E-state index is -4.55. The van der Waals surface area contributed by atoms with Crippen LogP contribution in [-0.4, -0.2) is 24.3 Å². The van der Waals surface area contributed by atoms with E-state index in [0.717, 1.165) is 35.5 Å². The lowest BCUT2D eigenvalue weighted by atomic mass is 9.68. The molecule has 252 valence electrons. The first kappa shape index (κ1) is 30.9. The molecule has 10 heteroatoms. The fourth-order valence-electron chi connectivity index (χ4n) is 9.44. The Labute approximate surface area is 287 Å². The maximum atomic E-state index is 14.2. The van der Waals surface area contributed by atoms with Crippen molar-refractivity contribution in [3.05, 3.63) is 103 Å². The van der Waals surface area contributed by atoms with Gasteiger partial charge in [0, 0.05) is 70.5 Å². The van der Waals surface area contributed by atoms with Crippen LogP contribution in [-0.2, 0) is 23.8 Å². The summed E-state index contributed by atoms with van der Waals surface area (Å²) in [4.78, 5) is 9.53. The summed E-state index contributed by atoms with van der Waals surface area (Å²) in [5, 5.41) is 6.75. The van der Waals surface area contributed by atoms with Crippen molar-refractivity contribution < 1.29 is 22.3 Å². The van der Waals surface area contributed by atoms with Crippen LogP contribution in [0.25, 0.3) is 55.6 Å². The van der Waals surface area contributed by atoms with Gasteiger partial charge in [-0.15, -0.1) is 0 Å². The SMILES string of the molecule is CCn1c2ccccc2c2cc3c(cc21)-c1ccc2nccnc2[n+]1C3CCC1(CC)[n+]2ccccc2-c2cc(C(F)(F)F)nn2C1(C)CC. The molecule has 0 aliphatic carbocycles. The Bertz CT molecular complexity index is 2500. The molecule has 2 aliphatic rings. The smallest absolute Gasteiger partial charge is 0.341 e. The van der Waals surface area contributed by atoms with Gasteiger partial charge in [0.15, 0.2) is 29.1 Å². The van der Waals surface area contributed by atoms with Gasteiger partial charge in [0.25, 0.3) is 0 Å². The zero-order chi connectivity index (χ0) is 34.6. The third-order valence-corrected chi connectivity index (χ3v) is 12.0. The first-order chi connectivity index (χ1) is 24.1. The molecule has 5 aromatic heterocycles. The van der Waals surface area contributed by atoms with Crippen molar-refractivity contribution in [1.29, 1.82) is 0 Å². The van der Waals surface area contributed by atoms with Crippen LogP contribution in [0.5, 0.6) is 0 Å². The molecular formula is C40H38F3N7+2. The maximum absolute atomic E-state index is 14.2. The zero-order valence-electron chi connectivity index (χ0n) is 28.5. The molecule has 9 rings (SSSR count). The number of nitrogens with zero attached hydrogens (tertiary/aromatic N) is 7. The number of fused-ring (bicyclic) bond motifs is 11. The number of pyridine rings is 2. The van der Waals surface area contributed by atoms with Gasteiger partial charge in [-0.3, -0.25) is 0 Å². The monoisotopic (exact) mass is 673 g/mol. The van der Waals surface area contributed by atoms with E-state index in [-0.39, 0.29) is 6.04 Å². The van der Waals surface area contributed by atoms with Crippen molar-refractivity contribution in [2.24, 2.45) is 0 Å². The van der Waals surface area contributed by atoms with Crippen LogP contribution < -0.4 is 9.13 Å². The topological polar surface area (TPSA) is 56.3 Å². The number of benzene rings is 2. The Morgan fingerprint density at radius 2 is 1.64 bits per heavy atom. The van der Waals surface area contributed by atoms with Crippen LogP contribution in [0, 0.1) is 0 Å². The summed E-state index contributed by atoms with van der Waals surface area (Å²) in [6, 6.07) is 24.4. The third kappa shape index (κ3) is 3.96. The molecule has 50 heavy (non-hydrogen) atoms. The number of aromatic nitrogens is 7. The lowest BCUT2D eigenvalue weighted by Gasteiger charge is -2.47. The minimum absolute atomic E-state index is 0.0735. The first-order valence-electron chi connectivity index (χ1n) is 17.5. The predicted octanol–water partition coefficient (Wildman–Crippen LogP) is 8.51. The summed E-state index contributed by atoms with van der Waals surface area (Å²) < 4.78 is 51.2. The summed E-state index contributed by atoms with van der Waals surface area (Å²) >= 11 is 0. The maximum Gasteiger partial charge on any atom is 0.435 e. The molecule has 3 atom stereocenters. The largest absolute Gasteiger partial charge is 0.435 e. The Morgan fingerprint density at radius 3 is 2.42 bits per heavy atom. The van der Waals surface area contributed by atoms with Crippen LogP contribution in [0.2, 0.25) is 0 Å². The highest BCUT2D eigenvalue weighted by molar-refractivity contribution is 6.09. The highest BCUT2D eigenvalue weighted by Gasteiger charge is 2.61. The van der Waals surface area contributed by atoms with Gasteiger partial charge in [0.05, 0.1) is 6.20 Å². The van der Waals surface area contributed by atoms with Crippen molar-refractivity contribution in [3.8, 4) is 22.6 Å². The Hall–Kier alpha value is -5.12. The molecule has 7 heterocycles. The van der Waals surface area contributed by atoms with Gasteiger partial charge in [-0.25, -0.2) is 14.2 Å². The van der Waals surface area contributed by atoms with Crippen molar-refractivity contribution in [1.82, 2.24) is 24.3 Å². The fourth-order valence-corrected chi connectivity index (χ4v) is 9.44. The van der Waals surface area contributed by atoms with E-state index in [1.165, 1.54) is 39.0 Å². The van der Waals surface area contributed by atoms with E-state index in [9.17, 15) is 13.2 Å². The number of halogens is 3. The van der Waals surface area contributed by atoms with E-state index in [1.54, 1.807) is 17.1 Å². The number of para-hydroxylation sites is 1. The van der Waals surface area contributed by atoms with E-state index in [2.05, 4.69) is 93.9 Å². The second kappa shape index (κ2) is 10.7. The number of alkyl halides is 3. The van der Waals surface area contributed by atoms with Crippen LogP contribution in [0.3, 0.4) is 0 Å². The van der Waals surface area contributed by atoms with Gasteiger partial charge in [-0.05, 0) is 68.1 Å². The van der Waals surface area contributed by atoms with Crippen LogP contribution in [0.15, 0.2) is 91.4 Å². The van der Waals surface area contributed by atoms with Gasteiger partial charge in [0.2, 0.25) is 5.69 Å². The van der Waals surface area contributed by atoms with Crippen molar-refractivity contribution >= 4 is 33.0 Å². The number of hydrogen-bond donors (Lipinski definition) is 0. The van der Waals surface area contributed by atoms with Gasteiger partial charge in [0.1, 0.15) is 23.0 Å². The summed E-state index contributed by atoms with van der Waals surface area (Å²) in [6.07, 6.45) is 3.70. The average Bonchev–Trinajstić information content (AvgIpc) is 3.82. The van der Waals surface area contributed by atoms with Crippen molar-refractivity contribution in [2.45, 2.75) is 83.2 Å². The molecule has 0 saturated heterocycles. The molecule has 0 N–H and O–H groups in total. The second-order valence-electron chi connectivity index (χ2n) is 13.9. The Morgan fingerprint density at radius 1 is 0.840 bits per heavy atom. The standard InChI is InChI=1S/C40H38F3N7/c1-5-38(4)39(6-2,48-21-11-10-14-33(48)35-24-36(40(41,42)43)46-50(35)38)18-17-32-27-22-26-25-12-8-9-13-30(25)47(7-3)34(26)23-28(27)31-16-15-29-37(49(31)32)45-20-19-44-29/h8-16,19-24,32H,5-7,17-18H2,1-4H3/q+2. The van der Waals surface area contributed by atoms with E-state index >= 15 is 0 Å². The van der Waals surface area contributed by atoms with E-state index in [1.807, 2.05) is 30.5 Å². The summed E-state index contributed by atoms with van der Waals surface area (Å²) in [7, 11) is 0. The lowest BCUT2D eigenvalue weighted by molar-refractivity contribution is -0.776. The molecule has 0 bridgehead atoms. The molecule has 0 radical (unpaired) electrons. The lowest BCUT2D eigenvalue weighted by Crippen LogP contribution is -2.71. The molecule has 3 unspecified atom stereocenters. The van der Waals surface area contributed by atoms with E-state index in [0.29, 0.717) is 25.0 Å². The normalized spacial score (nSPS) is 21.1. The second-order valence-corrected chi connectivity index (χ2v) is 13.9. The molecule has 2 aromatic carbocycles. The predicted molar refractivity (Wildman–Crippen MR) is 186 cm³/mol. The van der Waals surface area contributed by atoms with Crippen molar-refractivity contribution in [3.63, 3.8) is 0 Å². The number of aryl methyl sites for hydroxylation is 1. The quantitative estimate of drug-likeness (QED) is 0.166. The van der Waals surface area contributed by atoms with Crippen LogP contribution in [0.1, 0.15) is 70.7 Å². The number of hydrogen-bond acceptors (Lipinski definition) is 3. The summed E-state index contributed by atoms with van der Waals surface area (Å²) in [5.41, 5.74) is 6.62. The fraction of sp³-hybridized carbons (Fsp3) is 0.325. The molecule has 0 saturated carbocycles. The summed E-state index contributed by atoms with van der Waals surface area (Å²) in [5.74, 6) is 0. The molecule has 2 aliphatic heterocycles. The average molecular weight is 674 g/mol. The number of rotatable bonds is 6. The molecule has 0 fully saturated rings. The van der Waals surface area contributed by atoms with Crippen molar-refractivity contribution in [2.75, 3.05) is 0 Å². The molecule has 0 spiro atoms. The Kier molecular flexibility index (Phi) is 6.61. The van der Waals surface area contributed by atoms with E-state index in [4.69, 9.17) is 4.98 Å². The van der Waals surface area contributed by atoms with Gasteiger partial charge >= 0.3 is 11.8 Å². The molecule has 7 nitrogen and oxygen atoms in total. The highest BCUT2D eigenvalue weighted by Crippen LogP contribution is 2.50. The zero-order valence-corrected chi connectivity index (χ0v) is 28.5. The van der Waals surface area contributed by atoms with E-state index < -0.39 is 22.9 Å². The molecule has 7 aromatic rings. The minimum Gasteiger partial charge on any atom is -0.341 e. The van der Waals surface area contributed by atoms with Gasteiger partial charge < -0.3 is 4.57 Å². The van der Waals surface area contributed by atoms with Crippen LogP contribution in [0.4, 0.5) is 13.2 Å².